The Morgan fingerprint density at radius 2 is 2.28 bits per heavy atom. The molecule has 1 aliphatic carbocycles. The number of hydrogen-bond donors (Lipinski definition) is 1. The minimum Gasteiger partial charge on any atom is -0.497 e. The fourth-order valence-corrected chi connectivity index (χ4v) is 2.06. The van der Waals surface area contributed by atoms with Crippen LogP contribution >= 0.6 is 0 Å². The molecule has 0 radical (unpaired) electrons. The van der Waals surface area contributed by atoms with E-state index in [0.29, 0.717) is 11.4 Å². The largest absolute Gasteiger partial charge is 0.497 e. The maximum absolute atomic E-state index is 11.0. The third kappa shape index (κ3) is 2.80. The molecule has 0 saturated heterocycles. The van der Waals surface area contributed by atoms with Gasteiger partial charge in [-0.3, -0.25) is 10.1 Å². The summed E-state index contributed by atoms with van der Waals surface area (Å²) in [7, 11) is 1.55. The van der Waals surface area contributed by atoms with Crippen molar-refractivity contribution >= 4 is 11.4 Å². The zero-order valence-corrected chi connectivity index (χ0v) is 10.3. The van der Waals surface area contributed by atoms with Crippen LogP contribution < -0.4 is 10.1 Å². The highest BCUT2D eigenvalue weighted by Crippen LogP contribution is 2.30. The van der Waals surface area contributed by atoms with Gasteiger partial charge < -0.3 is 10.1 Å². The van der Waals surface area contributed by atoms with E-state index >= 15 is 0 Å². The summed E-state index contributed by atoms with van der Waals surface area (Å²) in [6, 6.07) is 5.00. The van der Waals surface area contributed by atoms with Gasteiger partial charge in [-0.25, -0.2) is 0 Å². The van der Waals surface area contributed by atoms with Crippen LogP contribution in [0.2, 0.25) is 0 Å². The van der Waals surface area contributed by atoms with Crippen LogP contribution in [0.25, 0.3) is 0 Å². The zero-order valence-electron chi connectivity index (χ0n) is 10.3. The summed E-state index contributed by atoms with van der Waals surface area (Å²) in [6.07, 6.45) is 7.14. The lowest BCUT2D eigenvalue weighted by atomic mass is 10.0. The van der Waals surface area contributed by atoms with Crippen LogP contribution in [0, 0.1) is 10.1 Å². The summed E-state index contributed by atoms with van der Waals surface area (Å²) >= 11 is 0. The summed E-state index contributed by atoms with van der Waals surface area (Å²) in [5.41, 5.74) is 0.616. The van der Waals surface area contributed by atoms with Gasteiger partial charge in [-0.2, -0.15) is 0 Å². The smallest absolute Gasteiger partial charge is 0.292 e. The second-order valence-electron chi connectivity index (χ2n) is 4.27. The summed E-state index contributed by atoms with van der Waals surface area (Å²) in [6.45, 7) is 0. The second-order valence-corrected chi connectivity index (χ2v) is 4.27. The molecule has 0 aromatic heterocycles. The van der Waals surface area contributed by atoms with E-state index in [0.717, 1.165) is 19.3 Å². The molecule has 0 spiro atoms. The lowest BCUT2D eigenvalue weighted by Gasteiger charge is -2.20. The molecular formula is C13H16N2O3. The van der Waals surface area contributed by atoms with Crippen molar-refractivity contribution < 1.29 is 9.66 Å². The van der Waals surface area contributed by atoms with Crippen molar-refractivity contribution in [1.82, 2.24) is 0 Å². The molecule has 0 aliphatic heterocycles. The molecule has 1 aromatic rings. The van der Waals surface area contributed by atoms with Crippen molar-refractivity contribution in [3.8, 4) is 5.75 Å². The first-order valence-electron chi connectivity index (χ1n) is 5.94. The molecule has 1 N–H and O–H groups in total. The van der Waals surface area contributed by atoms with Gasteiger partial charge in [0.05, 0.1) is 12.0 Å². The van der Waals surface area contributed by atoms with Gasteiger partial charge in [-0.1, -0.05) is 12.2 Å². The first-order chi connectivity index (χ1) is 8.70. The summed E-state index contributed by atoms with van der Waals surface area (Å²) in [4.78, 5) is 10.6. The van der Waals surface area contributed by atoms with E-state index in [1.807, 2.05) is 0 Å². The number of nitrogens with one attached hydrogen (secondary N) is 1. The van der Waals surface area contributed by atoms with E-state index in [1.165, 1.54) is 6.07 Å². The molecule has 5 heteroatoms. The molecule has 0 fully saturated rings. The Bertz CT molecular complexity index is 471. The second kappa shape index (κ2) is 5.53. The number of ether oxygens (including phenoxy) is 1. The zero-order chi connectivity index (χ0) is 13.0. The van der Waals surface area contributed by atoms with E-state index in [2.05, 4.69) is 17.5 Å². The van der Waals surface area contributed by atoms with Crippen LogP contribution in [-0.2, 0) is 0 Å². The Hall–Kier alpha value is -2.04. The van der Waals surface area contributed by atoms with Crippen LogP contribution in [0.5, 0.6) is 5.75 Å². The quantitative estimate of drug-likeness (QED) is 0.505. The van der Waals surface area contributed by atoms with Gasteiger partial charge in [0, 0.05) is 18.2 Å². The third-order valence-corrected chi connectivity index (χ3v) is 3.03. The lowest BCUT2D eigenvalue weighted by Crippen LogP contribution is -2.20. The topological polar surface area (TPSA) is 64.4 Å². The van der Waals surface area contributed by atoms with E-state index in [-0.39, 0.29) is 16.7 Å². The average Bonchev–Trinajstić information content (AvgIpc) is 2.39. The van der Waals surface area contributed by atoms with Gasteiger partial charge >= 0.3 is 0 Å². The van der Waals surface area contributed by atoms with Crippen LogP contribution in [0.3, 0.4) is 0 Å². The number of hydrogen-bond acceptors (Lipinski definition) is 4. The first-order valence-corrected chi connectivity index (χ1v) is 5.94. The van der Waals surface area contributed by atoms with Gasteiger partial charge in [-0.05, 0) is 25.3 Å². The molecule has 0 amide bonds. The van der Waals surface area contributed by atoms with E-state index in [9.17, 15) is 10.1 Å². The normalized spacial score (nSPS) is 18.4. The predicted octanol–water partition coefficient (Wildman–Crippen LogP) is 3.12. The molecule has 96 valence electrons. The van der Waals surface area contributed by atoms with Crippen LogP contribution in [-0.4, -0.2) is 18.1 Å². The highest BCUT2D eigenvalue weighted by Gasteiger charge is 2.18. The Balaban J connectivity index is 2.22. The van der Waals surface area contributed by atoms with Crippen molar-refractivity contribution in [2.24, 2.45) is 0 Å². The van der Waals surface area contributed by atoms with Crippen molar-refractivity contribution in [1.29, 1.82) is 0 Å². The number of allylic oxidation sites excluding steroid dienone is 1. The van der Waals surface area contributed by atoms with Gasteiger partial charge in [0.15, 0.2) is 0 Å². The number of nitro groups is 1. The van der Waals surface area contributed by atoms with E-state index < -0.39 is 0 Å². The molecule has 0 saturated carbocycles. The third-order valence-electron chi connectivity index (χ3n) is 3.03. The number of nitro benzene ring substituents is 1. The maximum atomic E-state index is 11.0. The van der Waals surface area contributed by atoms with Gasteiger partial charge in [-0.15, -0.1) is 0 Å². The molecule has 1 aromatic carbocycles. The molecule has 1 atom stereocenters. The highest BCUT2D eigenvalue weighted by molar-refractivity contribution is 5.64. The lowest BCUT2D eigenvalue weighted by molar-refractivity contribution is -0.384. The average molecular weight is 248 g/mol. The summed E-state index contributed by atoms with van der Waals surface area (Å²) in [5, 5.41) is 14.2. The fourth-order valence-electron chi connectivity index (χ4n) is 2.06. The van der Waals surface area contributed by atoms with E-state index in [4.69, 9.17) is 4.74 Å². The van der Waals surface area contributed by atoms with Gasteiger partial charge in [0.1, 0.15) is 11.4 Å². The number of methoxy groups -OCH3 is 1. The van der Waals surface area contributed by atoms with Crippen molar-refractivity contribution in [2.75, 3.05) is 12.4 Å². The molecule has 0 bridgehead atoms. The number of nitrogens with zero attached hydrogens (tertiary/aromatic N) is 1. The Labute approximate surface area is 106 Å². The van der Waals surface area contributed by atoms with Crippen LogP contribution in [0.15, 0.2) is 30.4 Å². The highest BCUT2D eigenvalue weighted by atomic mass is 16.6. The molecule has 2 rings (SSSR count). The maximum Gasteiger partial charge on any atom is 0.292 e. The minimum absolute atomic E-state index is 0.0883. The molecule has 18 heavy (non-hydrogen) atoms. The Morgan fingerprint density at radius 3 is 2.89 bits per heavy atom. The predicted molar refractivity (Wildman–Crippen MR) is 70.1 cm³/mol. The molecule has 1 unspecified atom stereocenters. The Morgan fingerprint density at radius 1 is 1.44 bits per heavy atom. The van der Waals surface area contributed by atoms with Gasteiger partial charge in [0.25, 0.3) is 5.69 Å². The molecule has 0 heterocycles. The first kappa shape index (κ1) is 12.4. The Kier molecular flexibility index (Phi) is 3.82. The van der Waals surface area contributed by atoms with Crippen LogP contribution in [0.4, 0.5) is 11.4 Å². The molecule has 1 aliphatic rings. The fraction of sp³-hybridized carbons (Fsp3) is 0.385. The summed E-state index contributed by atoms with van der Waals surface area (Å²) < 4.78 is 5.10. The van der Waals surface area contributed by atoms with E-state index in [1.54, 1.807) is 19.2 Å². The molecular weight excluding hydrogens is 232 g/mol. The van der Waals surface area contributed by atoms with Crippen molar-refractivity contribution in [3.63, 3.8) is 0 Å². The number of benzene rings is 1. The summed E-state index contributed by atoms with van der Waals surface area (Å²) in [5.74, 6) is 0.620. The minimum atomic E-state index is -0.375. The number of rotatable bonds is 4. The number of anilines is 1. The van der Waals surface area contributed by atoms with Gasteiger partial charge in [0.2, 0.25) is 0 Å². The van der Waals surface area contributed by atoms with Crippen molar-refractivity contribution in [3.05, 3.63) is 40.5 Å². The monoisotopic (exact) mass is 248 g/mol. The molecule has 5 nitrogen and oxygen atoms in total. The SMILES string of the molecule is COc1ccc([N+](=O)[O-])c(NC2CC=CCC2)c1. The van der Waals surface area contributed by atoms with Crippen LogP contribution in [0.1, 0.15) is 19.3 Å². The standard InChI is InChI=1S/C13H16N2O3/c1-18-11-7-8-13(15(16)17)12(9-11)14-10-5-3-2-4-6-10/h2-3,7-10,14H,4-6H2,1H3. The van der Waals surface area contributed by atoms with Crippen molar-refractivity contribution in [2.45, 2.75) is 25.3 Å².